The minimum absolute atomic E-state index is 0.245. The van der Waals surface area contributed by atoms with Crippen molar-refractivity contribution in [1.29, 1.82) is 5.26 Å². The van der Waals surface area contributed by atoms with Gasteiger partial charge >= 0.3 is 0 Å². The van der Waals surface area contributed by atoms with E-state index in [4.69, 9.17) is 27.2 Å². The lowest BCUT2D eigenvalue weighted by Gasteiger charge is -2.42. The molecule has 176 valence electrons. The van der Waals surface area contributed by atoms with Gasteiger partial charge in [-0.3, -0.25) is 9.89 Å². The highest BCUT2D eigenvalue weighted by atomic mass is 35.5. The summed E-state index contributed by atoms with van der Waals surface area (Å²) in [5, 5.41) is 20.2. The molecule has 2 aromatic rings. The predicted molar refractivity (Wildman–Crippen MR) is 131 cm³/mol. The van der Waals surface area contributed by atoms with Gasteiger partial charge in [0.1, 0.15) is 11.6 Å². The Morgan fingerprint density at radius 3 is 2.76 bits per heavy atom. The fourth-order valence-corrected chi connectivity index (χ4v) is 4.79. The fourth-order valence-electron chi connectivity index (χ4n) is 4.51. The van der Waals surface area contributed by atoms with E-state index in [0.717, 1.165) is 36.0 Å². The first-order valence-electron chi connectivity index (χ1n) is 11.2. The number of piperidine rings is 1. The number of rotatable bonds is 7. The summed E-state index contributed by atoms with van der Waals surface area (Å²) in [7, 11) is 1.58. The lowest BCUT2D eigenvalue weighted by Crippen LogP contribution is -2.49. The van der Waals surface area contributed by atoms with Crippen molar-refractivity contribution in [1.82, 2.24) is 10.3 Å². The van der Waals surface area contributed by atoms with E-state index in [0.29, 0.717) is 41.3 Å². The molecule has 0 spiro atoms. The summed E-state index contributed by atoms with van der Waals surface area (Å²) >= 11 is 6.25. The van der Waals surface area contributed by atoms with Crippen molar-refractivity contribution in [2.75, 3.05) is 7.11 Å². The molecule has 3 rings (SSSR count). The summed E-state index contributed by atoms with van der Waals surface area (Å²) in [4.78, 5) is 7.12. The molecule has 0 amide bonds. The fraction of sp³-hybridized carbons (Fsp3) is 0.440. The summed E-state index contributed by atoms with van der Waals surface area (Å²) < 4.78 is 5.21. The van der Waals surface area contributed by atoms with Gasteiger partial charge in [0.25, 0.3) is 0 Å². The van der Waals surface area contributed by atoms with Crippen LogP contribution in [0.3, 0.4) is 0 Å². The van der Waals surface area contributed by atoms with Crippen molar-refractivity contribution in [3.63, 3.8) is 0 Å². The third-order valence-corrected chi connectivity index (χ3v) is 6.58. The highest BCUT2D eigenvalue weighted by molar-refractivity contribution is 6.32. The Labute approximate surface area is 200 Å². The number of ether oxygens (including phenoxy) is 1. The van der Waals surface area contributed by atoms with E-state index in [9.17, 15) is 10.4 Å². The molecule has 3 unspecified atom stereocenters. The molecule has 0 aromatic heterocycles. The zero-order valence-corrected chi connectivity index (χ0v) is 20.1. The molecular weight excluding hydrogens is 438 g/mol. The third kappa shape index (κ3) is 6.04. The molecule has 1 saturated heterocycles. The van der Waals surface area contributed by atoms with Crippen LogP contribution in [0.1, 0.15) is 55.4 Å². The second kappa shape index (κ2) is 11.5. The number of nitrogens with two attached hydrogens (primary N) is 1. The molecule has 0 bridgehead atoms. The maximum absolute atomic E-state index is 10.2. The summed E-state index contributed by atoms with van der Waals surface area (Å²) in [6.07, 6.45) is 2.21. The zero-order chi connectivity index (χ0) is 24.0. The van der Waals surface area contributed by atoms with E-state index in [2.05, 4.69) is 30.2 Å². The lowest BCUT2D eigenvalue weighted by atomic mass is 9.91. The molecule has 0 radical (unpaired) electrons. The van der Waals surface area contributed by atoms with Crippen LogP contribution in [0.4, 0.5) is 0 Å². The molecule has 7 nitrogen and oxygen atoms in total. The predicted octanol–water partition coefficient (Wildman–Crippen LogP) is 3.75. The molecule has 1 aliphatic rings. The Kier molecular flexibility index (Phi) is 8.70. The van der Waals surface area contributed by atoms with Crippen LogP contribution in [0.5, 0.6) is 5.75 Å². The number of nitriles is 1. The smallest absolute Gasteiger partial charge is 0.143 e. The quantitative estimate of drug-likeness (QED) is 0.247. The number of benzene rings is 2. The average molecular weight is 470 g/mol. The SMILES string of the molecule is CCC1CC(O)CC(C)N1Cc1ccc(C#N)cc1C(=NCc1ccc(OC)c(Cl)c1)NN. The number of methoxy groups -OCH3 is 1. The van der Waals surface area contributed by atoms with Crippen LogP contribution in [0.25, 0.3) is 0 Å². The molecule has 2 aromatic carbocycles. The Bertz CT molecular complexity index is 1040. The highest BCUT2D eigenvalue weighted by Crippen LogP contribution is 2.29. The molecule has 0 aliphatic carbocycles. The van der Waals surface area contributed by atoms with Gasteiger partial charge in [-0.2, -0.15) is 5.26 Å². The summed E-state index contributed by atoms with van der Waals surface area (Å²) in [5.41, 5.74) is 6.00. The van der Waals surface area contributed by atoms with Crippen molar-refractivity contribution in [2.24, 2.45) is 10.8 Å². The first-order chi connectivity index (χ1) is 15.9. The number of aliphatic hydroxyl groups excluding tert-OH is 1. The maximum Gasteiger partial charge on any atom is 0.143 e. The molecule has 8 heteroatoms. The third-order valence-electron chi connectivity index (χ3n) is 6.28. The molecular formula is C25H32ClN5O2. The van der Waals surface area contributed by atoms with E-state index in [1.54, 1.807) is 7.11 Å². The Morgan fingerprint density at radius 2 is 2.12 bits per heavy atom. The Morgan fingerprint density at radius 1 is 1.33 bits per heavy atom. The highest BCUT2D eigenvalue weighted by Gasteiger charge is 2.32. The van der Waals surface area contributed by atoms with E-state index in [1.807, 2.05) is 36.4 Å². The number of aliphatic imine (C=N–C) groups is 1. The molecule has 4 N–H and O–H groups in total. The largest absolute Gasteiger partial charge is 0.495 e. The van der Waals surface area contributed by atoms with Gasteiger partial charge in [0, 0.05) is 24.2 Å². The van der Waals surface area contributed by atoms with Crippen LogP contribution in [0.15, 0.2) is 41.4 Å². The van der Waals surface area contributed by atoms with E-state index >= 15 is 0 Å². The summed E-state index contributed by atoms with van der Waals surface area (Å²) in [5.74, 6) is 7.00. The van der Waals surface area contributed by atoms with E-state index < -0.39 is 0 Å². The van der Waals surface area contributed by atoms with Gasteiger partial charge in [0.05, 0.1) is 36.4 Å². The minimum Gasteiger partial charge on any atom is -0.495 e. The van der Waals surface area contributed by atoms with E-state index in [-0.39, 0.29) is 12.1 Å². The molecule has 1 aliphatic heterocycles. The average Bonchev–Trinajstić information content (AvgIpc) is 2.81. The van der Waals surface area contributed by atoms with Gasteiger partial charge < -0.3 is 15.3 Å². The number of hydrogen-bond acceptors (Lipinski definition) is 6. The van der Waals surface area contributed by atoms with Crippen molar-refractivity contribution in [3.05, 3.63) is 63.7 Å². The van der Waals surface area contributed by atoms with Gasteiger partial charge in [-0.05, 0) is 61.6 Å². The van der Waals surface area contributed by atoms with E-state index in [1.165, 1.54) is 0 Å². The van der Waals surface area contributed by atoms with Crippen LogP contribution in [0.2, 0.25) is 5.02 Å². The van der Waals surface area contributed by atoms with Gasteiger partial charge in [-0.1, -0.05) is 30.7 Å². The Balaban J connectivity index is 1.92. The number of hydrogen-bond donors (Lipinski definition) is 3. The second-order valence-electron chi connectivity index (χ2n) is 8.47. The normalized spacial score (nSPS) is 21.5. The first kappa shape index (κ1) is 25.0. The van der Waals surface area contributed by atoms with Gasteiger partial charge in [0.15, 0.2) is 0 Å². The second-order valence-corrected chi connectivity index (χ2v) is 8.88. The van der Waals surface area contributed by atoms with Crippen molar-refractivity contribution in [2.45, 2.75) is 64.4 Å². The summed E-state index contributed by atoms with van der Waals surface area (Å²) in [6.45, 7) is 5.35. The Hall–Kier alpha value is -2.63. The number of nitrogens with one attached hydrogen (secondary N) is 1. The van der Waals surface area contributed by atoms with Crippen LogP contribution in [-0.2, 0) is 13.1 Å². The topological polar surface area (TPSA) is 107 Å². The van der Waals surface area contributed by atoms with Crippen molar-refractivity contribution >= 4 is 17.4 Å². The first-order valence-corrected chi connectivity index (χ1v) is 11.6. The number of nitrogens with zero attached hydrogens (tertiary/aromatic N) is 3. The number of aliphatic hydroxyl groups is 1. The zero-order valence-electron chi connectivity index (χ0n) is 19.4. The molecule has 0 saturated carbocycles. The van der Waals surface area contributed by atoms with Gasteiger partial charge in [-0.15, -0.1) is 0 Å². The maximum atomic E-state index is 10.2. The number of halogens is 1. The van der Waals surface area contributed by atoms with Crippen LogP contribution >= 0.6 is 11.6 Å². The van der Waals surface area contributed by atoms with Crippen LogP contribution < -0.4 is 16.0 Å². The number of amidine groups is 1. The van der Waals surface area contributed by atoms with Crippen LogP contribution in [-0.4, -0.2) is 41.1 Å². The van der Waals surface area contributed by atoms with Crippen LogP contribution in [0, 0.1) is 11.3 Å². The van der Waals surface area contributed by atoms with Gasteiger partial charge in [0.2, 0.25) is 0 Å². The summed E-state index contributed by atoms with van der Waals surface area (Å²) in [6, 6.07) is 13.9. The van der Waals surface area contributed by atoms with Crippen molar-refractivity contribution in [3.8, 4) is 11.8 Å². The monoisotopic (exact) mass is 469 g/mol. The number of likely N-dealkylation sites (tertiary alicyclic amines) is 1. The molecule has 1 heterocycles. The lowest BCUT2D eigenvalue weighted by molar-refractivity contribution is 0.000500. The van der Waals surface area contributed by atoms with Crippen molar-refractivity contribution < 1.29 is 9.84 Å². The minimum atomic E-state index is -0.263. The number of hydrazine groups is 1. The molecule has 33 heavy (non-hydrogen) atoms. The van der Waals surface area contributed by atoms with Gasteiger partial charge in [-0.25, -0.2) is 5.84 Å². The standard InChI is InChI=1S/C25H32ClN5O2/c1-4-20-12-21(32)9-16(2)31(20)15-19-7-5-17(13-27)10-22(19)25(30-28)29-14-18-6-8-24(33-3)23(26)11-18/h5-8,10-11,16,20-21,32H,4,9,12,14-15,28H2,1-3H3,(H,29,30). The molecule has 1 fully saturated rings. The molecule has 3 atom stereocenters.